The molecule has 1 fully saturated rings. The van der Waals surface area contributed by atoms with Crippen molar-refractivity contribution in [3.05, 3.63) is 35.2 Å². The number of halogens is 1. The molecule has 1 N–H and O–H groups in total. The summed E-state index contributed by atoms with van der Waals surface area (Å²) in [6.45, 7) is 4.27. The Kier molecular flexibility index (Phi) is 5.46. The van der Waals surface area contributed by atoms with E-state index in [1.54, 1.807) is 11.8 Å². The maximum atomic E-state index is 6.05. The predicted molar refractivity (Wildman–Crippen MR) is 98.6 cm³/mol. The maximum Gasteiger partial charge on any atom is 0.306 e. The lowest BCUT2D eigenvalue weighted by Gasteiger charge is -2.14. The average molecular weight is 366 g/mol. The van der Waals surface area contributed by atoms with Crippen LogP contribution < -0.4 is 5.32 Å². The van der Waals surface area contributed by atoms with Crippen molar-refractivity contribution >= 4 is 28.5 Å². The molecule has 1 aliphatic carbocycles. The summed E-state index contributed by atoms with van der Waals surface area (Å²) in [4.78, 5) is 4.60. The number of nitrogens with zero attached hydrogens (tertiary/aromatic N) is 3. The summed E-state index contributed by atoms with van der Waals surface area (Å²) >= 11 is 7.86. The topological polar surface area (TPSA) is 54.0 Å². The third kappa shape index (κ3) is 3.75. The van der Waals surface area contributed by atoms with Gasteiger partial charge < -0.3 is 4.52 Å². The zero-order valence-corrected chi connectivity index (χ0v) is 15.7. The van der Waals surface area contributed by atoms with Crippen LogP contribution in [-0.2, 0) is 0 Å². The third-order valence-electron chi connectivity index (χ3n) is 3.97. The van der Waals surface area contributed by atoms with E-state index in [-0.39, 0.29) is 6.04 Å². The van der Waals surface area contributed by atoms with Crippen LogP contribution in [0.5, 0.6) is 0 Å². The van der Waals surface area contributed by atoms with E-state index in [0.717, 1.165) is 16.5 Å². The van der Waals surface area contributed by atoms with E-state index in [9.17, 15) is 0 Å². The van der Waals surface area contributed by atoms with Crippen molar-refractivity contribution in [3.8, 4) is 11.4 Å². The molecule has 5 nitrogen and oxygen atoms in total. The second kappa shape index (κ2) is 7.57. The van der Waals surface area contributed by atoms with E-state index in [1.807, 2.05) is 31.3 Å². The van der Waals surface area contributed by atoms with Gasteiger partial charge in [0.25, 0.3) is 5.89 Å². The van der Waals surface area contributed by atoms with Crippen molar-refractivity contribution in [1.82, 2.24) is 15.5 Å². The zero-order chi connectivity index (χ0) is 17.1. The smallest absolute Gasteiger partial charge is 0.306 e. The molecule has 1 aromatic carbocycles. The van der Waals surface area contributed by atoms with E-state index in [1.165, 1.54) is 12.8 Å². The van der Waals surface area contributed by atoms with Gasteiger partial charge in [0.05, 0.1) is 13.1 Å². The van der Waals surface area contributed by atoms with Crippen molar-refractivity contribution < 1.29 is 9.10 Å². The summed E-state index contributed by atoms with van der Waals surface area (Å²) in [5, 5.41) is 9.28. The first-order valence-electron chi connectivity index (χ1n) is 8.19. The van der Waals surface area contributed by atoms with E-state index >= 15 is 0 Å². The quantitative estimate of drug-likeness (QED) is 0.494. The fourth-order valence-corrected chi connectivity index (χ4v) is 3.76. The van der Waals surface area contributed by atoms with Crippen molar-refractivity contribution in [2.75, 3.05) is 12.8 Å². The van der Waals surface area contributed by atoms with Gasteiger partial charge in [-0.15, -0.1) is 0 Å². The van der Waals surface area contributed by atoms with Gasteiger partial charge in [-0.05, 0) is 43.7 Å². The Morgan fingerprint density at radius 3 is 2.92 bits per heavy atom. The van der Waals surface area contributed by atoms with Gasteiger partial charge in [0, 0.05) is 16.3 Å². The first kappa shape index (κ1) is 17.3. The molecule has 0 saturated heterocycles. The molecule has 0 spiro atoms. The van der Waals surface area contributed by atoms with Crippen LogP contribution in [-0.4, -0.2) is 38.7 Å². The van der Waals surface area contributed by atoms with Crippen molar-refractivity contribution in [3.63, 3.8) is 0 Å². The first-order chi connectivity index (χ1) is 11.6. The predicted octanol–water partition coefficient (Wildman–Crippen LogP) is 3.95. The minimum absolute atomic E-state index is 0.0273. The lowest BCUT2D eigenvalue weighted by atomic mass is 10.2. The SMILES string of the molecule is CCSC(NC)=[N+](C1CC1)C(C)c1nc(-c2cccc(Cl)c2)no1. The first-order valence-corrected chi connectivity index (χ1v) is 9.55. The van der Waals surface area contributed by atoms with Crippen LogP contribution in [0.25, 0.3) is 11.4 Å². The molecule has 1 aliphatic rings. The Labute approximate surface area is 151 Å². The number of nitrogens with one attached hydrogen (secondary N) is 1. The summed E-state index contributed by atoms with van der Waals surface area (Å²) < 4.78 is 7.92. The fraction of sp³-hybridized carbons (Fsp3) is 0.471. The van der Waals surface area contributed by atoms with Crippen LogP contribution in [0.15, 0.2) is 28.8 Å². The Morgan fingerprint density at radius 1 is 1.50 bits per heavy atom. The summed E-state index contributed by atoms with van der Waals surface area (Å²) in [6.07, 6.45) is 2.41. The molecule has 3 rings (SSSR count). The molecular weight excluding hydrogens is 344 g/mol. The number of hydrogen-bond donors (Lipinski definition) is 1. The standard InChI is InChI=1S/C17H21ClN4OS/c1-4-24-17(19-3)22(14-8-9-14)11(2)16-20-15(21-23-16)12-6-5-7-13(18)10-12/h5-7,10-11,14H,4,8-9H2,1-3H3/p+1. The Morgan fingerprint density at radius 2 is 2.29 bits per heavy atom. The molecular formula is C17H22ClN4OS+. The maximum absolute atomic E-state index is 6.05. The van der Waals surface area contributed by atoms with E-state index in [0.29, 0.717) is 22.8 Å². The normalized spacial score (nSPS) is 16.7. The van der Waals surface area contributed by atoms with Gasteiger partial charge in [0.15, 0.2) is 6.04 Å². The largest absolute Gasteiger partial charge is 0.334 e. The number of amidine groups is 1. The molecule has 24 heavy (non-hydrogen) atoms. The minimum atomic E-state index is 0.0273. The summed E-state index contributed by atoms with van der Waals surface area (Å²) in [5.74, 6) is 2.22. The van der Waals surface area contributed by atoms with Crippen LogP contribution >= 0.6 is 23.4 Å². The third-order valence-corrected chi connectivity index (χ3v) is 5.18. The van der Waals surface area contributed by atoms with Crippen molar-refractivity contribution in [1.29, 1.82) is 0 Å². The van der Waals surface area contributed by atoms with Gasteiger partial charge in [-0.2, -0.15) is 4.98 Å². The van der Waals surface area contributed by atoms with E-state index in [2.05, 4.69) is 33.9 Å². The second-order valence-electron chi connectivity index (χ2n) is 5.77. The second-order valence-corrected chi connectivity index (χ2v) is 7.46. The highest BCUT2D eigenvalue weighted by Crippen LogP contribution is 2.32. The highest BCUT2D eigenvalue weighted by atomic mass is 35.5. The van der Waals surface area contributed by atoms with E-state index in [4.69, 9.17) is 16.1 Å². The van der Waals surface area contributed by atoms with E-state index < -0.39 is 0 Å². The van der Waals surface area contributed by atoms with Crippen LogP contribution in [0, 0.1) is 0 Å². The van der Waals surface area contributed by atoms with Gasteiger partial charge in [-0.1, -0.05) is 35.8 Å². The number of thioether (sulfide) groups is 1. The van der Waals surface area contributed by atoms with Gasteiger partial charge in [0.1, 0.15) is 0 Å². The van der Waals surface area contributed by atoms with Gasteiger partial charge in [0.2, 0.25) is 5.82 Å². The van der Waals surface area contributed by atoms with Crippen molar-refractivity contribution in [2.45, 2.75) is 38.8 Å². The number of rotatable bonds is 5. The van der Waals surface area contributed by atoms with Gasteiger partial charge in [-0.3, -0.25) is 5.32 Å². The Bertz CT molecular complexity index is 742. The minimum Gasteiger partial charge on any atom is -0.334 e. The zero-order valence-electron chi connectivity index (χ0n) is 14.1. The molecule has 1 aromatic heterocycles. The number of aromatic nitrogens is 2. The fourth-order valence-electron chi connectivity index (χ4n) is 2.69. The lowest BCUT2D eigenvalue weighted by molar-refractivity contribution is -0.584. The summed E-state index contributed by atoms with van der Waals surface area (Å²) in [6, 6.07) is 8.07. The van der Waals surface area contributed by atoms with Crippen LogP contribution in [0.2, 0.25) is 5.02 Å². The molecule has 2 aromatic rings. The van der Waals surface area contributed by atoms with Crippen LogP contribution in [0.1, 0.15) is 38.6 Å². The molecule has 1 atom stereocenters. The Balaban J connectivity index is 1.90. The molecule has 0 aliphatic heterocycles. The molecule has 7 heteroatoms. The highest BCUT2D eigenvalue weighted by Gasteiger charge is 2.38. The molecule has 0 bridgehead atoms. The average Bonchev–Trinajstić information content (AvgIpc) is 3.28. The van der Waals surface area contributed by atoms with Crippen LogP contribution in [0.4, 0.5) is 0 Å². The highest BCUT2D eigenvalue weighted by molar-refractivity contribution is 8.13. The molecule has 0 amide bonds. The lowest BCUT2D eigenvalue weighted by Crippen LogP contribution is -2.32. The molecule has 1 saturated carbocycles. The summed E-state index contributed by atoms with van der Waals surface area (Å²) in [5.41, 5.74) is 0.864. The van der Waals surface area contributed by atoms with Crippen molar-refractivity contribution in [2.24, 2.45) is 0 Å². The molecule has 1 heterocycles. The molecule has 1 unspecified atom stereocenters. The number of benzene rings is 1. The number of hydrogen-bond acceptors (Lipinski definition) is 4. The van der Waals surface area contributed by atoms with Gasteiger partial charge in [-0.25, -0.2) is 4.58 Å². The van der Waals surface area contributed by atoms with Crippen LogP contribution in [0.3, 0.4) is 0 Å². The molecule has 0 radical (unpaired) electrons. The monoisotopic (exact) mass is 365 g/mol. The summed E-state index contributed by atoms with van der Waals surface area (Å²) in [7, 11) is 1.96. The van der Waals surface area contributed by atoms with Gasteiger partial charge >= 0.3 is 5.17 Å². The Hall–Kier alpha value is -1.53. The molecule has 128 valence electrons.